The molecule has 48 heavy (non-hydrogen) atoms. The number of hydrogen-bond donors (Lipinski definition) is 3. The van der Waals surface area contributed by atoms with Crippen LogP contribution in [-0.2, 0) is 37.0 Å². The number of benzene rings is 4. The summed E-state index contributed by atoms with van der Waals surface area (Å²) in [6, 6.07) is 33.1. The van der Waals surface area contributed by atoms with Crippen LogP contribution in [0.3, 0.4) is 0 Å². The number of alkyl carbamates (subject to hydrolysis) is 1. The molecule has 10 nitrogen and oxygen atoms in total. The quantitative estimate of drug-likeness (QED) is 0.186. The van der Waals surface area contributed by atoms with Crippen LogP contribution in [0.25, 0.3) is 11.1 Å². The first-order valence-electron chi connectivity index (χ1n) is 15.9. The van der Waals surface area contributed by atoms with Crippen LogP contribution in [0.5, 0.6) is 0 Å². The minimum absolute atomic E-state index is 0.000161. The molecule has 2 atom stereocenters. The first-order valence-corrected chi connectivity index (χ1v) is 15.9. The minimum Gasteiger partial charge on any atom is -0.479 e. The number of aliphatic carboxylic acids is 1. The summed E-state index contributed by atoms with van der Waals surface area (Å²) in [6.07, 6.45) is -1.28. The first kappa shape index (κ1) is 32.5. The topological polar surface area (TPSA) is 134 Å². The van der Waals surface area contributed by atoms with Crippen molar-refractivity contribution in [2.75, 3.05) is 19.7 Å². The number of likely N-dealkylation sites (tertiary alicyclic amines) is 1. The van der Waals surface area contributed by atoms with Gasteiger partial charge in [0.1, 0.15) is 19.3 Å². The van der Waals surface area contributed by atoms with E-state index in [9.17, 15) is 24.3 Å². The van der Waals surface area contributed by atoms with E-state index in [0.29, 0.717) is 13.1 Å². The van der Waals surface area contributed by atoms with Crippen molar-refractivity contribution in [3.63, 3.8) is 0 Å². The number of ether oxygens (including phenoxy) is 2. The number of fused-ring (bicyclic) bond motifs is 3. The molecule has 1 fully saturated rings. The number of carbonyl (C=O) groups is 4. The third-order valence-electron chi connectivity index (χ3n) is 8.93. The smallest absolute Gasteiger partial charge is 0.407 e. The van der Waals surface area contributed by atoms with E-state index >= 15 is 0 Å². The molecule has 0 bridgehead atoms. The second-order valence-corrected chi connectivity index (χ2v) is 12.2. The fraction of sp³-hybridized carbons (Fsp3) is 0.263. The van der Waals surface area contributed by atoms with E-state index < -0.39 is 41.9 Å². The van der Waals surface area contributed by atoms with Crippen LogP contribution in [0.1, 0.15) is 41.0 Å². The van der Waals surface area contributed by atoms with Gasteiger partial charge in [-0.2, -0.15) is 0 Å². The van der Waals surface area contributed by atoms with Crippen LogP contribution in [0.2, 0.25) is 0 Å². The molecule has 4 aromatic carbocycles. The van der Waals surface area contributed by atoms with E-state index in [1.807, 2.05) is 102 Å². The predicted octanol–water partition coefficient (Wildman–Crippen LogP) is 4.87. The molecule has 2 amide bonds. The maximum Gasteiger partial charge on any atom is 0.407 e. The minimum atomic E-state index is -1.61. The summed E-state index contributed by atoms with van der Waals surface area (Å²) >= 11 is 0. The summed E-state index contributed by atoms with van der Waals surface area (Å²) < 4.78 is 11.1. The van der Waals surface area contributed by atoms with Crippen LogP contribution < -0.4 is 10.6 Å². The lowest BCUT2D eigenvalue weighted by Crippen LogP contribution is -2.61. The molecule has 0 aromatic heterocycles. The number of rotatable bonds is 12. The highest BCUT2D eigenvalue weighted by molar-refractivity contribution is 5.94. The summed E-state index contributed by atoms with van der Waals surface area (Å²) in [6.45, 7) is 0.982. The number of hydrogen-bond acceptors (Lipinski definition) is 7. The number of nitrogens with zero attached hydrogens (tertiary/aromatic N) is 1. The SMILES string of the molecule is O=C(C[C@H](NC(=O)OCC1c2ccccc2-c2ccccc21)C(=O)NC1(C(=O)O)CCN(Cc2ccccc2)C1)OCc1ccccc1. The number of amides is 2. The van der Waals surface area contributed by atoms with E-state index in [0.717, 1.165) is 33.4 Å². The van der Waals surface area contributed by atoms with Gasteiger partial charge in [0.15, 0.2) is 5.54 Å². The molecule has 1 unspecified atom stereocenters. The molecule has 1 aliphatic carbocycles. The maximum atomic E-state index is 13.7. The van der Waals surface area contributed by atoms with Crippen LogP contribution >= 0.6 is 0 Å². The monoisotopic (exact) mass is 647 g/mol. The second-order valence-electron chi connectivity index (χ2n) is 12.2. The molecular weight excluding hydrogens is 610 g/mol. The van der Waals surface area contributed by atoms with Gasteiger partial charge in [0, 0.05) is 25.6 Å². The van der Waals surface area contributed by atoms with E-state index in [-0.39, 0.29) is 32.1 Å². The largest absolute Gasteiger partial charge is 0.479 e. The van der Waals surface area contributed by atoms with Crippen LogP contribution in [0, 0.1) is 0 Å². The van der Waals surface area contributed by atoms with Crippen LogP contribution in [-0.4, -0.2) is 65.2 Å². The number of carbonyl (C=O) groups excluding carboxylic acids is 3. The van der Waals surface area contributed by atoms with E-state index in [2.05, 4.69) is 10.6 Å². The highest BCUT2D eigenvalue weighted by atomic mass is 16.5. The van der Waals surface area contributed by atoms with Crippen LogP contribution in [0.15, 0.2) is 109 Å². The molecule has 4 aromatic rings. The lowest BCUT2D eigenvalue weighted by atomic mass is 9.97. The first-order chi connectivity index (χ1) is 23.3. The van der Waals surface area contributed by atoms with Gasteiger partial charge in [0.2, 0.25) is 5.91 Å². The normalized spacial score (nSPS) is 17.5. The number of carboxylic acid groups (broad SMARTS) is 1. The van der Waals surface area contributed by atoms with Gasteiger partial charge < -0.3 is 25.2 Å². The lowest BCUT2D eigenvalue weighted by Gasteiger charge is -2.29. The molecule has 0 saturated carbocycles. The molecule has 1 heterocycles. The number of carboxylic acids is 1. The van der Waals surface area contributed by atoms with Gasteiger partial charge in [0.05, 0.1) is 6.42 Å². The van der Waals surface area contributed by atoms with Crippen molar-refractivity contribution >= 4 is 23.9 Å². The average molecular weight is 648 g/mol. The average Bonchev–Trinajstić information content (AvgIpc) is 3.66. The molecule has 246 valence electrons. The van der Waals surface area contributed by atoms with Gasteiger partial charge >= 0.3 is 18.0 Å². The molecule has 1 saturated heterocycles. The number of nitrogens with one attached hydrogen (secondary N) is 2. The van der Waals surface area contributed by atoms with E-state index in [1.54, 1.807) is 12.1 Å². The van der Waals surface area contributed by atoms with Gasteiger partial charge in [-0.25, -0.2) is 9.59 Å². The Labute approximate surface area is 278 Å². The Kier molecular flexibility index (Phi) is 9.82. The zero-order chi connectivity index (χ0) is 33.5. The predicted molar refractivity (Wildman–Crippen MR) is 178 cm³/mol. The van der Waals surface area contributed by atoms with Crippen molar-refractivity contribution in [3.05, 3.63) is 131 Å². The van der Waals surface area contributed by atoms with Crippen molar-refractivity contribution in [2.24, 2.45) is 0 Å². The Balaban J connectivity index is 1.14. The fourth-order valence-corrected chi connectivity index (χ4v) is 6.47. The lowest BCUT2D eigenvalue weighted by molar-refractivity contribution is -0.149. The molecule has 10 heteroatoms. The van der Waals surface area contributed by atoms with Crippen LogP contribution in [0.4, 0.5) is 4.79 Å². The summed E-state index contributed by atoms with van der Waals surface area (Å²) in [5.74, 6) is -2.96. The summed E-state index contributed by atoms with van der Waals surface area (Å²) in [7, 11) is 0. The van der Waals surface area contributed by atoms with Gasteiger partial charge in [0.25, 0.3) is 0 Å². The molecule has 6 rings (SSSR count). The van der Waals surface area contributed by atoms with E-state index in [1.165, 1.54) is 0 Å². The molecule has 0 spiro atoms. The van der Waals surface area contributed by atoms with Crippen molar-refractivity contribution in [1.82, 2.24) is 15.5 Å². The standard InChI is InChI=1S/C38H37N3O7/c42-34(47-23-27-13-5-2-6-14-27)21-33(35(43)40-38(36(44)45)19-20-41(25-38)22-26-11-3-1-4-12-26)39-37(46)48-24-32-30-17-9-7-15-28(30)29-16-8-10-18-31(29)32/h1-18,32-33H,19-25H2,(H,39,46)(H,40,43)(H,44,45)/t33-,38?/m0/s1. The van der Waals surface area contributed by atoms with Gasteiger partial charge in [-0.05, 0) is 39.8 Å². The van der Waals surface area contributed by atoms with E-state index in [4.69, 9.17) is 9.47 Å². The Morgan fingerprint density at radius 2 is 1.38 bits per heavy atom. The highest BCUT2D eigenvalue weighted by Gasteiger charge is 2.47. The Bertz CT molecular complexity index is 1740. The third kappa shape index (κ3) is 7.39. The zero-order valence-corrected chi connectivity index (χ0v) is 26.3. The second kappa shape index (κ2) is 14.5. The molecule has 1 aliphatic heterocycles. The van der Waals surface area contributed by atoms with Gasteiger partial charge in [-0.3, -0.25) is 14.5 Å². The van der Waals surface area contributed by atoms with Crippen molar-refractivity contribution in [2.45, 2.75) is 43.5 Å². The maximum absolute atomic E-state index is 13.7. The van der Waals surface area contributed by atoms with Gasteiger partial charge in [-0.15, -0.1) is 0 Å². The molecule has 2 aliphatic rings. The molecule has 3 N–H and O–H groups in total. The Morgan fingerprint density at radius 3 is 2.00 bits per heavy atom. The molecule has 0 radical (unpaired) electrons. The Morgan fingerprint density at radius 1 is 0.792 bits per heavy atom. The van der Waals surface area contributed by atoms with Crippen molar-refractivity contribution in [3.8, 4) is 11.1 Å². The van der Waals surface area contributed by atoms with Crippen molar-refractivity contribution in [1.29, 1.82) is 0 Å². The fourth-order valence-electron chi connectivity index (χ4n) is 6.47. The Hall–Kier alpha value is -5.48. The highest BCUT2D eigenvalue weighted by Crippen LogP contribution is 2.44. The summed E-state index contributed by atoms with van der Waals surface area (Å²) in [4.78, 5) is 54.4. The molecular formula is C38H37N3O7. The van der Waals surface area contributed by atoms with Crippen molar-refractivity contribution < 1.29 is 33.8 Å². The number of esters is 1. The third-order valence-corrected chi connectivity index (χ3v) is 8.93. The summed E-state index contributed by atoms with van der Waals surface area (Å²) in [5.41, 5.74) is 4.34. The van der Waals surface area contributed by atoms with Gasteiger partial charge in [-0.1, -0.05) is 109 Å². The zero-order valence-electron chi connectivity index (χ0n) is 26.3. The summed E-state index contributed by atoms with van der Waals surface area (Å²) in [5, 5.41) is 15.4.